The number of nitro benzene ring substituents is 1. The molecule has 0 aromatic heterocycles. The number of esters is 1. The minimum Gasteiger partial charge on any atom is -0.466 e. The van der Waals surface area contributed by atoms with Crippen LogP contribution in [0.2, 0.25) is 5.02 Å². The largest absolute Gasteiger partial charge is 0.466 e. The van der Waals surface area contributed by atoms with Crippen LogP contribution >= 0.6 is 11.6 Å². The fraction of sp³-hybridized carbons (Fsp3) is 0.286. The number of aliphatic hydroxyl groups excluding tert-OH is 1. The van der Waals surface area contributed by atoms with Gasteiger partial charge in [-0.3, -0.25) is 14.9 Å². The molecule has 0 saturated heterocycles. The molecule has 0 radical (unpaired) electrons. The van der Waals surface area contributed by atoms with Gasteiger partial charge in [0.1, 0.15) is 17.2 Å². The molecule has 0 bridgehead atoms. The van der Waals surface area contributed by atoms with E-state index >= 15 is 0 Å². The lowest BCUT2D eigenvalue weighted by Gasteiger charge is -2.15. The molecule has 0 spiro atoms. The Balaban J connectivity index is 2.48. The standard InChI is InChI=1S/C14H13ClFN3O6/c1-25-14(22)7-6-18(2-3-20)13(21)12(7)17-10-4-8(15)9(16)5-11(10)19(23)24/h4-5,17,20H,2-3,6H2,1H3. The summed E-state index contributed by atoms with van der Waals surface area (Å²) in [5.74, 6) is -2.47. The zero-order valence-electron chi connectivity index (χ0n) is 12.9. The molecule has 1 heterocycles. The Morgan fingerprint density at radius 1 is 1.56 bits per heavy atom. The summed E-state index contributed by atoms with van der Waals surface area (Å²) in [4.78, 5) is 35.6. The third kappa shape index (κ3) is 3.69. The predicted molar refractivity (Wildman–Crippen MR) is 84.4 cm³/mol. The normalized spacial score (nSPS) is 14.1. The maximum atomic E-state index is 13.5. The number of amides is 1. The second-order valence-electron chi connectivity index (χ2n) is 4.96. The van der Waals surface area contributed by atoms with Gasteiger partial charge in [-0.05, 0) is 6.07 Å². The summed E-state index contributed by atoms with van der Waals surface area (Å²) in [6.07, 6.45) is 0. The van der Waals surface area contributed by atoms with Gasteiger partial charge < -0.3 is 20.1 Å². The van der Waals surface area contributed by atoms with Crippen molar-refractivity contribution in [1.82, 2.24) is 4.90 Å². The molecule has 0 aliphatic carbocycles. The summed E-state index contributed by atoms with van der Waals surface area (Å²) in [5, 5.41) is 22.2. The highest BCUT2D eigenvalue weighted by Gasteiger charge is 2.35. The van der Waals surface area contributed by atoms with Crippen molar-refractivity contribution in [1.29, 1.82) is 0 Å². The molecule has 1 aliphatic rings. The molecule has 11 heteroatoms. The summed E-state index contributed by atoms with van der Waals surface area (Å²) >= 11 is 5.64. The van der Waals surface area contributed by atoms with Crippen molar-refractivity contribution >= 4 is 34.9 Å². The van der Waals surface area contributed by atoms with Crippen LogP contribution < -0.4 is 5.32 Å². The number of carbonyl (C=O) groups is 2. The number of rotatable bonds is 6. The van der Waals surface area contributed by atoms with Crippen molar-refractivity contribution in [3.05, 3.63) is 44.4 Å². The van der Waals surface area contributed by atoms with Gasteiger partial charge >= 0.3 is 5.97 Å². The zero-order chi connectivity index (χ0) is 18.7. The average Bonchev–Trinajstić information content (AvgIpc) is 2.87. The summed E-state index contributed by atoms with van der Waals surface area (Å²) in [7, 11) is 1.11. The first-order valence-electron chi connectivity index (χ1n) is 6.92. The second-order valence-corrected chi connectivity index (χ2v) is 5.37. The Labute approximate surface area is 145 Å². The number of anilines is 1. The minimum absolute atomic E-state index is 0.0449. The first kappa shape index (κ1) is 18.6. The number of nitrogens with one attached hydrogen (secondary N) is 1. The Bertz CT molecular complexity index is 782. The van der Waals surface area contributed by atoms with Crippen LogP contribution in [-0.4, -0.2) is 53.6 Å². The number of aliphatic hydroxyl groups is 1. The van der Waals surface area contributed by atoms with E-state index in [0.717, 1.165) is 18.1 Å². The first-order valence-corrected chi connectivity index (χ1v) is 7.30. The van der Waals surface area contributed by atoms with E-state index in [1.54, 1.807) is 0 Å². The Kier molecular flexibility index (Phi) is 5.55. The lowest BCUT2D eigenvalue weighted by molar-refractivity contribution is -0.384. The van der Waals surface area contributed by atoms with Gasteiger partial charge in [-0.15, -0.1) is 0 Å². The van der Waals surface area contributed by atoms with Gasteiger partial charge in [-0.25, -0.2) is 9.18 Å². The Morgan fingerprint density at radius 2 is 2.24 bits per heavy atom. The van der Waals surface area contributed by atoms with E-state index < -0.39 is 33.3 Å². The van der Waals surface area contributed by atoms with Gasteiger partial charge in [0, 0.05) is 6.54 Å². The number of hydrogen-bond acceptors (Lipinski definition) is 7. The summed E-state index contributed by atoms with van der Waals surface area (Å²) in [5.41, 5.74) is -1.25. The lowest BCUT2D eigenvalue weighted by atomic mass is 10.2. The van der Waals surface area contributed by atoms with Crippen LogP contribution in [0.5, 0.6) is 0 Å². The van der Waals surface area contributed by atoms with Crippen molar-refractivity contribution in [2.45, 2.75) is 0 Å². The molecule has 1 aliphatic heterocycles. The number of ether oxygens (including phenoxy) is 1. The maximum absolute atomic E-state index is 13.5. The highest BCUT2D eigenvalue weighted by molar-refractivity contribution is 6.31. The monoisotopic (exact) mass is 373 g/mol. The number of carbonyl (C=O) groups excluding carboxylic acids is 2. The summed E-state index contributed by atoms with van der Waals surface area (Å²) in [6.45, 7) is -0.524. The Morgan fingerprint density at radius 3 is 2.80 bits per heavy atom. The number of halogens is 2. The van der Waals surface area contributed by atoms with Crippen LogP contribution in [0.25, 0.3) is 0 Å². The van der Waals surface area contributed by atoms with Crippen LogP contribution in [0, 0.1) is 15.9 Å². The number of nitro groups is 1. The number of hydrogen-bond donors (Lipinski definition) is 2. The molecule has 0 atom stereocenters. The molecule has 2 N–H and O–H groups in total. The highest BCUT2D eigenvalue weighted by Crippen LogP contribution is 2.33. The van der Waals surface area contributed by atoms with Crippen molar-refractivity contribution < 1.29 is 28.7 Å². The van der Waals surface area contributed by atoms with E-state index in [2.05, 4.69) is 10.1 Å². The highest BCUT2D eigenvalue weighted by atomic mass is 35.5. The molecule has 25 heavy (non-hydrogen) atoms. The van der Waals surface area contributed by atoms with E-state index in [0.29, 0.717) is 6.07 Å². The van der Waals surface area contributed by atoms with E-state index in [4.69, 9.17) is 16.7 Å². The van der Waals surface area contributed by atoms with E-state index in [9.17, 15) is 24.1 Å². The molecule has 1 amide bonds. The predicted octanol–water partition coefficient (Wildman–Crippen LogP) is 1.06. The first-order chi connectivity index (χ1) is 11.8. The van der Waals surface area contributed by atoms with Gasteiger partial charge in [0.25, 0.3) is 11.6 Å². The van der Waals surface area contributed by atoms with E-state index in [1.807, 2.05) is 0 Å². The summed E-state index contributed by atoms with van der Waals surface area (Å²) < 4.78 is 18.1. The van der Waals surface area contributed by atoms with Crippen molar-refractivity contribution in [3.63, 3.8) is 0 Å². The zero-order valence-corrected chi connectivity index (χ0v) is 13.7. The molecule has 1 aromatic carbocycles. The van der Waals surface area contributed by atoms with Gasteiger partial charge in [0.05, 0.1) is 41.8 Å². The van der Waals surface area contributed by atoms with Crippen LogP contribution in [0.4, 0.5) is 15.8 Å². The van der Waals surface area contributed by atoms with Crippen molar-refractivity contribution in [2.24, 2.45) is 0 Å². The smallest absolute Gasteiger partial charge is 0.337 e. The number of β-amino-alcohol motifs (C(OH)–C–C–N with tert-alkyl or cyclic N) is 1. The fourth-order valence-corrected chi connectivity index (χ4v) is 2.43. The van der Waals surface area contributed by atoms with E-state index in [1.165, 1.54) is 0 Å². The quantitative estimate of drug-likeness (QED) is 0.434. The van der Waals surface area contributed by atoms with Crippen LogP contribution in [0.15, 0.2) is 23.4 Å². The topological polar surface area (TPSA) is 122 Å². The van der Waals surface area contributed by atoms with Gasteiger partial charge in [-0.1, -0.05) is 11.6 Å². The molecule has 0 fully saturated rings. The molecular formula is C14H13ClFN3O6. The van der Waals surface area contributed by atoms with Gasteiger partial charge in [0.15, 0.2) is 0 Å². The van der Waals surface area contributed by atoms with Gasteiger partial charge in [0.2, 0.25) is 0 Å². The number of methoxy groups -OCH3 is 1. The van der Waals surface area contributed by atoms with Crippen molar-refractivity contribution in [3.8, 4) is 0 Å². The van der Waals surface area contributed by atoms with Gasteiger partial charge in [-0.2, -0.15) is 0 Å². The minimum atomic E-state index is -0.999. The molecule has 2 rings (SSSR count). The molecule has 9 nitrogen and oxygen atoms in total. The van der Waals surface area contributed by atoms with Crippen LogP contribution in [0.1, 0.15) is 0 Å². The summed E-state index contributed by atoms with van der Waals surface area (Å²) in [6, 6.07) is 1.55. The molecular weight excluding hydrogens is 361 g/mol. The third-order valence-electron chi connectivity index (χ3n) is 3.45. The Hall–Kier alpha value is -2.72. The fourth-order valence-electron chi connectivity index (χ4n) is 2.27. The third-order valence-corrected chi connectivity index (χ3v) is 3.74. The molecule has 0 unspecified atom stereocenters. The lowest BCUT2D eigenvalue weighted by Crippen LogP contribution is -2.31. The SMILES string of the molecule is COC(=O)C1=C(Nc2cc(Cl)c(F)cc2[N+](=O)[O-])C(=O)N(CCO)C1. The van der Waals surface area contributed by atoms with E-state index in [-0.39, 0.29) is 36.7 Å². The molecule has 134 valence electrons. The number of benzene rings is 1. The second kappa shape index (κ2) is 7.45. The van der Waals surface area contributed by atoms with Crippen LogP contribution in [-0.2, 0) is 14.3 Å². The number of nitrogens with zero attached hydrogens (tertiary/aromatic N) is 2. The maximum Gasteiger partial charge on any atom is 0.337 e. The molecule has 1 aromatic rings. The van der Waals surface area contributed by atoms with Crippen molar-refractivity contribution in [2.75, 3.05) is 32.1 Å². The average molecular weight is 374 g/mol. The van der Waals surface area contributed by atoms with Crippen LogP contribution in [0.3, 0.4) is 0 Å². The molecule has 0 saturated carbocycles.